The van der Waals surface area contributed by atoms with Gasteiger partial charge in [0, 0.05) is 31.6 Å². The highest BCUT2D eigenvalue weighted by Gasteiger charge is 2.34. The van der Waals surface area contributed by atoms with Crippen LogP contribution in [0.3, 0.4) is 0 Å². The molecule has 11 heteroatoms. The van der Waals surface area contributed by atoms with Crippen molar-refractivity contribution in [3.63, 3.8) is 0 Å². The van der Waals surface area contributed by atoms with Gasteiger partial charge in [-0.25, -0.2) is 14.5 Å². The summed E-state index contributed by atoms with van der Waals surface area (Å²) in [6, 6.07) is 13.4. The quantitative estimate of drug-likeness (QED) is 0.394. The van der Waals surface area contributed by atoms with Crippen molar-refractivity contribution in [3.05, 3.63) is 82.4 Å². The number of H-pyrrole nitrogens is 1. The lowest BCUT2D eigenvalue weighted by molar-refractivity contribution is 0.186. The Morgan fingerprint density at radius 2 is 2.06 bits per heavy atom. The third kappa shape index (κ3) is 3.62. The summed E-state index contributed by atoms with van der Waals surface area (Å²) in [6.07, 6.45) is 6.62. The lowest BCUT2D eigenvalue weighted by Gasteiger charge is -2.27. The van der Waals surface area contributed by atoms with Crippen LogP contribution in [0.15, 0.2) is 59.9 Å². The van der Waals surface area contributed by atoms with Gasteiger partial charge in [-0.15, -0.1) is 0 Å². The van der Waals surface area contributed by atoms with Crippen molar-refractivity contribution in [2.24, 2.45) is 0 Å². The first-order chi connectivity index (χ1) is 17.2. The average molecular weight is 501 g/mol. The fraction of sp³-hybridized carbons (Fsp3) is 0.240. The summed E-state index contributed by atoms with van der Waals surface area (Å²) >= 11 is 0. The van der Waals surface area contributed by atoms with Gasteiger partial charge in [0.25, 0.3) is 5.56 Å². The van der Waals surface area contributed by atoms with E-state index in [4.69, 9.17) is 9.84 Å². The molecule has 1 aromatic carbocycles. The second kappa shape index (κ2) is 9.49. The maximum Gasteiger partial charge on any atom is 0.282 e. The van der Waals surface area contributed by atoms with E-state index in [2.05, 4.69) is 25.9 Å². The molecule has 182 valence electrons. The zero-order valence-electron chi connectivity index (χ0n) is 19.5. The van der Waals surface area contributed by atoms with Gasteiger partial charge >= 0.3 is 0 Å². The summed E-state index contributed by atoms with van der Waals surface area (Å²) in [5.74, 6) is 1.28. The van der Waals surface area contributed by atoms with Crippen LogP contribution in [0.1, 0.15) is 35.8 Å². The smallest absolute Gasteiger partial charge is 0.282 e. The van der Waals surface area contributed by atoms with E-state index in [1.54, 1.807) is 28.6 Å². The molecule has 1 N–H and O–H groups in total. The third-order valence-electron chi connectivity index (χ3n) is 6.50. The van der Waals surface area contributed by atoms with Crippen LogP contribution in [0, 0.1) is 11.3 Å². The maximum absolute atomic E-state index is 13.9. The van der Waals surface area contributed by atoms with Gasteiger partial charge in [-0.1, -0.05) is 18.2 Å². The van der Waals surface area contributed by atoms with Crippen molar-refractivity contribution in [1.82, 2.24) is 29.1 Å². The molecule has 1 aliphatic heterocycles. The fourth-order valence-corrected chi connectivity index (χ4v) is 5.00. The molecule has 0 spiro atoms. The van der Waals surface area contributed by atoms with Gasteiger partial charge in [0.1, 0.15) is 29.4 Å². The standard InChI is InChI=1S/C25H22N8O2.H2S/c1-35-14-16-9-11-32-21(16)25(34)33(18-6-3-2-4-7-18)23(30-32)19-8-5-10-31(19)24-20-17(12-26)13-27-22(20)28-15-29-24;/h2-4,6-7,9,11,13,15,19H,5,8,10,14H2,1H3,(H,27,28,29);1H2/t19-;/m0./s1. The van der Waals surface area contributed by atoms with E-state index in [1.165, 1.54) is 6.33 Å². The van der Waals surface area contributed by atoms with Crippen LogP contribution in [0.25, 0.3) is 22.2 Å². The highest BCUT2D eigenvalue weighted by molar-refractivity contribution is 7.59. The van der Waals surface area contributed by atoms with E-state index >= 15 is 0 Å². The zero-order chi connectivity index (χ0) is 23.9. The Bertz CT molecular complexity index is 1650. The minimum absolute atomic E-state index is 0. The minimum Gasteiger partial charge on any atom is -0.380 e. The van der Waals surface area contributed by atoms with Crippen molar-refractivity contribution in [2.45, 2.75) is 25.5 Å². The number of hydrogen-bond donors (Lipinski definition) is 1. The van der Waals surface area contributed by atoms with Crippen LogP contribution >= 0.6 is 13.5 Å². The van der Waals surface area contributed by atoms with E-state index in [9.17, 15) is 10.1 Å². The third-order valence-corrected chi connectivity index (χ3v) is 6.50. The summed E-state index contributed by atoms with van der Waals surface area (Å²) in [5, 5.41) is 15.3. The van der Waals surface area contributed by atoms with Crippen LogP contribution < -0.4 is 10.5 Å². The van der Waals surface area contributed by atoms with Crippen LogP contribution in [0.4, 0.5) is 5.82 Å². The van der Waals surface area contributed by atoms with Gasteiger partial charge in [0.2, 0.25) is 0 Å². The van der Waals surface area contributed by atoms with E-state index < -0.39 is 0 Å². The number of ether oxygens (including phenoxy) is 1. The first kappa shape index (κ1) is 23.6. The molecule has 36 heavy (non-hydrogen) atoms. The Morgan fingerprint density at radius 3 is 2.83 bits per heavy atom. The van der Waals surface area contributed by atoms with Crippen molar-refractivity contribution < 1.29 is 4.74 Å². The van der Waals surface area contributed by atoms with Gasteiger partial charge in [-0.2, -0.15) is 23.9 Å². The highest BCUT2D eigenvalue weighted by Crippen LogP contribution is 2.38. The molecular weight excluding hydrogens is 476 g/mol. The molecule has 0 radical (unpaired) electrons. The van der Waals surface area contributed by atoms with Gasteiger partial charge < -0.3 is 14.6 Å². The monoisotopic (exact) mass is 500 g/mol. The molecule has 0 unspecified atom stereocenters. The molecule has 5 heterocycles. The number of rotatable bonds is 5. The molecule has 10 nitrogen and oxygen atoms in total. The number of fused-ring (bicyclic) bond motifs is 2. The van der Waals surface area contributed by atoms with E-state index in [1.807, 2.05) is 36.4 Å². The van der Waals surface area contributed by atoms with E-state index in [-0.39, 0.29) is 25.1 Å². The summed E-state index contributed by atoms with van der Waals surface area (Å²) in [4.78, 5) is 28.0. The molecule has 6 rings (SSSR count). The van der Waals surface area contributed by atoms with E-state index in [0.717, 1.165) is 30.6 Å². The Balaban J connectivity index is 0.00000267. The van der Waals surface area contributed by atoms with Crippen LogP contribution in [0.2, 0.25) is 0 Å². The normalized spacial score (nSPS) is 15.3. The average Bonchev–Trinajstić information content (AvgIpc) is 3.63. The predicted molar refractivity (Wildman–Crippen MR) is 140 cm³/mol. The molecule has 0 bridgehead atoms. The number of nitrogens with one attached hydrogen (secondary N) is 1. The summed E-state index contributed by atoms with van der Waals surface area (Å²) < 4.78 is 8.65. The summed E-state index contributed by atoms with van der Waals surface area (Å²) in [6.45, 7) is 1.04. The number of nitriles is 1. The largest absolute Gasteiger partial charge is 0.380 e. The van der Waals surface area contributed by atoms with Crippen LogP contribution in [0.5, 0.6) is 0 Å². The second-order valence-electron chi connectivity index (χ2n) is 8.49. The molecule has 4 aromatic heterocycles. The van der Waals surface area contributed by atoms with Crippen molar-refractivity contribution in [3.8, 4) is 11.8 Å². The molecule has 0 aliphatic carbocycles. The molecule has 1 saturated heterocycles. The Morgan fingerprint density at radius 1 is 1.22 bits per heavy atom. The number of para-hydroxylation sites is 1. The molecule has 1 aliphatic rings. The second-order valence-corrected chi connectivity index (χ2v) is 8.49. The highest BCUT2D eigenvalue weighted by atomic mass is 32.1. The van der Waals surface area contributed by atoms with Crippen LogP contribution in [-0.4, -0.2) is 42.8 Å². The van der Waals surface area contributed by atoms with Crippen molar-refractivity contribution in [1.29, 1.82) is 5.26 Å². The number of hydrogen-bond acceptors (Lipinski definition) is 7. The van der Waals surface area contributed by atoms with Gasteiger partial charge in [0.05, 0.1) is 29.3 Å². The predicted octanol–water partition coefficient (Wildman–Crippen LogP) is 3.23. The Kier molecular flexibility index (Phi) is 6.22. The zero-order valence-corrected chi connectivity index (χ0v) is 20.5. The summed E-state index contributed by atoms with van der Waals surface area (Å²) in [7, 11) is 1.61. The fourth-order valence-electron chi connectivity index (χ4n) is 5.00. The van der Waals surface area contributed by atoms with Gasteiger partial charge in [-0.05, 0) is 31.0 Å². The molecule has 1 atom stereocenters. The first-order valence-corrected chi connectivity index (χ1v) is 11.4. The van der Waals surface area contributed by atoms with Crippen molar-refractivity contribution >= 4 is 35.9 Å². The molecule has 5 aromatic rings. The number of nitrogens with zero attached hydrogens (tertiary/aromatic N) is 7. The first-order valence-electron chi connectivity index (χ1n) is 11.4. The number of methoxy groups -OCH3 is 1. The maximum atomic E-state index is 13.9. The SMILES string of the molecule is COCc1ccn2nc([C@@H]3CCCN3c3ncnc4[nH]cc(C#N)c34)n(-c3ccccc3)c(=O)c12.S. The Labute approximate surface area is 213 Å². The van der Waals surface area contributed by atoms with Gasteiger partial charge in [-0.3, -0.25) is 9.36 Å². The topological polar surface area (TPSA) is 117 Å². The number of benzene rings is 1. The van der Waals surface area contributed by atoms with E-state index in [0.29, 0.717) is 40.4 Å². The molecular formula is C25H24N8O2S. The lowest BCUT2D eigenvalue weighted by Crippen LogP contribution is -2.33. The number of aromatic amines is 1. The number of anilines is 1. The van der Waals surface area contributed by atoms with Gasteiger partial charge in [0.15, 0.2) is 5.82 Å². The Hall–Kier alpha value is -4.14. The number of aromatic nitrogens is 6. The van der Waals surface area contributed by atoms with Crippen molar-refractivity contribution in [2.75, 3.05) is 18.6 Å². The minimum atomic E-state index is -0.222. The molecule has 1 fully saturated rings. The molecule has 0 saturated carbocycles. The molecule has 0 amide bonds. The van der Waals surface area contributed by atoms with Crippen LogP contribution in [-0.2, 0) is 11.3 Å². The summed E-state index contributed by atoms with van der Waals surface area (Å²) in [5.41, 5.74) is 2.96. The lowest BCUT2D eigenvalue weighted by atomic mass is 10.1.